The summed E-state index contributed by atoms with van der Waals surface area (Å²) in [5.41, 5.74) is 2.45. The lowest BCUT2D eigenvalue weighted by Gasteiger charge is -2.20. The fourth-order valence-electron chi connectivity index (χ4n) is 1.34. The topological polar surface area (TPSA) is 105 Å². The van der Waals surface area contributed by atoms with Gasteiger partial charge in [-0.25, -0.2) is 25.9 Å². The van der Waals surface area contributed by atoms with Gasteiger partial charge in [-0.1, -0.05) is 19.9 Å². The van der Waals surface area contributed by atoms with E-state index in [2.05, 4.69) is 0 Å². The van der Waals surface area contributed by atoms with Crippen molar-refractivity contribution in [2.45, 2.75) is 27.4 Å². The van der Waals surface area contributed by atoms with Gasteiger partial charge >= 0.3 is 6.03 Å². The number of rotatable bonds is 2. The lowest BCUT2D eigenvalue weighted by molar-refractivity contribution is 0.246. The van der Waals surface area contributed by atoms with Gasteiger partial charge in [0.15, 0.2) is 0 Å². The smallest absolute Gasteiger partial charge is 0.350 e. The molecule has 0 saturated heterocycles. The van der Waals surface area contributed by atoms with Crippen LogP contribution in [-0.4, -0.2) is 11.1 Å². The van der Waals surface area contributed by atoms with Gasteiger partial charge in [0, 0.05) is 5.56 Å². The molecule has 0 aliphatic rings. The van der Waals surface area contributed by atoms with Crippen molar-refractivity contribution in [2.75, 3.05) is 5.01 Å². The summed E-state index contributed by atoms with van der Waals surface area (Å²) in [6.07, 6.45) is 0. The molecule has 0 aliphatic heterocycles. The highest BCUT2D eigenvalue weighted by molar-refractivity contribution is 5.91. The molecule has 0 bridgehead atoms. The molecule has 0 aromatic heterocycles. The molecule has 6 nitrogen and oxygen atoms in total. The molecule has 0 heterocycles. The first-order valence-corrected chi connectivity index (χ1v) is 5.47. The average Bonchev–Trinajstić information content (AvgIpc) is 2.41. The second kappa shape index (κ2) is 7.59. The Balaban J connectivity index is 0.00000137. The summed E-state index contributed by atoms with van der Waals surface area (Å²) in [4.78, 5) is 11.2. The molecule has 1 aromatic rings. The maximum atomic E-state index is 13.5. The number of hydrazine groups is 2. The number of urea groups is 1. The fourth-order valence-corrected chi connectivity index (χ4v) is 1.34. The highest BCUT2D eigenvalue weighted by atomic mass is 19.1. The van der Waals surface area contributed by atoms with Crippen LogP contribution in [0.15, 0.2) is 12.1 Å². The zero-order valence-electron chi connectivity index (χ0n) is 10.7. The first-order valence-electron chi connectivity index (χ1n) is 5.47. The molecule has 6 N–H and O–H groups in total. The second-order valence-electron chi connectivity index (χ2n) is 3.17. The molecule has 0 radical (unpaired) electrons. The van der Waals surface area contributed by atoms with Crippen LogP contribution in [0.1, 0.15) is 25.0 Å². The van der Waals surface area contributed by atoms with Crippen molar-refractivity contribution in [3.8, 4) is 0 Å². The second-order valence-corrected chi connectivity index (χ2v) is 3.17. The van der Waals surface area contributed by atoms with Crippen LogP contribution in [0.5, 0.6) is 0 Å². The van der Waals surface area contributed by atoms with Gasteiger partial charge in [-0.15, -0.1) is 0 Å². The summed E-state index contributed by atoms with van der Waals surface area (Å²) in [7, 11) is 0. The highest BCUT2D eigenvalue weighted by Gasteiger charge is 2.19. The van der Waals surface area contributed by atoms with Crippen molar-refractivity contribution in [3.05, 3.63) is 29.1 Å². The Bertz CT molecular complexity index is 412. The normalized spacial score (nSPS) is 9.28. The molecular weight excluding hydrogens is 239 g/mol. The molecule has 1 aromatic carbocycles. The van der Waals surface area contributed by atoms with E-state index in [1.165, 1.54) is 6.07 Å². The van der Waals surface area contributed by atoms with Crippen LogP contribution < -0.4 is 22.1 Å². The largest absolute Gasteiger partial charge is 0.392 e. The van der Waals surface area contributed by atoms with Crippen LogP contribution >= 0.6 is 0 Å². The minimum Gasteiger partial charge on any atom is -0.392 e. The predicted octanol–water partition coefficient (Wildman–Crippen LogP) is 0.916. The summed E-state index contributed by atoms with van der Waals surface area (Å²) < 4.78 is 13.5. The van der Waals surface area contributed by atoms with Crippen molar-refractivity contribution in [1.82, 2.24) is 5.43 Å². The fraction of sp³-hybridized carbons (Fsp3) is 0.364. The number of aryl methyl sites for hydroxylation is 1. The maximum Gasteiger partial charge on any atom is 0.350 e. The van der Waals surface area contributed by atoms with Crippen LogP contribution in [0.2, 0.25) is 0 Å². The SMILES string of the molecule is CC.Cc1ccc(F)c(N(N)C(=O)NN)c1CO. The molecule has 2 amide bonds. The number of hydrogen-bond acceptors (Lipinski definition) is 4. The molecule has 0 fully saturated rings. The standard InChI is InChI=1S/C9H13FN4O2.C2H6/c1-5-2-3-7(10)8(6(5)4-15)14(12)9(16)13-11;1-2/h2-3,15H,4,11-12H2,1H3,(H,13,16);1-2H3. The molecular formula is C11H19FN4O2. The Morgan fingerprint density at radius 1 is 1.50 bits per heavy atom. The minimum atomic E-state index is -0.876. The van der Waals surface area contributed by atoms with Gasteiger partial charge < -0.3 is 5.11 Å². The van der Waals surface area contributed by atoms with Gasteiger partial charge in [0.25, 0.3) is 0 Å². The average molecular weight is 258 g/mol. The molecule has 0 aliphatic carbocycles. The number of hydrogen-bond donors (Lipinski definition) is 4. The van der Waals surface area contributed by atoms with Crippen molar-refractivity contribution < 1.29 is 14.3 Å². The molecule has 7 heteroatoms. The van der Waals surface area contributed by atoms with Gasteiger partial charge in [0.05, 0.1) is 6.61 Å². The summed E-state index contributed by atoms with van der Waals surface area (Å²) in [5, 5.41) is 9.64. The number of halogens is 1. The molecule has 18 heavy (non-hydrogen) atoms. The van der Waals surface area contributed by atoms with E-state index in [0.717, 1.165) is 6.07 Å². The number of amides is 2. The van der Waals surface area contributed by atoms with E-state index >= 15 is 0 Å². The van der Waals surface area contributed by atoms with Crippen LogP contribution in [0.4, 0.5) is 14.9 Å². The lowest BCUT2D eigenvalue weighted by Crippen LogP contribution is -2.48. The summed E-state index contributed by atoms with van der Waals surface area (Å²) in [6, 6.07) is 1.77. The van der Waals surface area contributed by atoms with Crippen LogP contribution in [-0.2, 0) is 6.61 Å². The summed E-state index contributed by atoms with van der Waals surface area (Å²) >= 11 is 0. The first kappa shape index (κ1) is 16.3. The lowest BCUT2D eigenvalue weighted by atomic mass is 10.1. The van der Waals surface area contributed by atoms with Crippen molar-refractivity contribution in [1.29, 1.82) is 0 Å². The Kier molecular flexibility index (Phi) is 6.88. The molecule has 0 atom stereocenters. The third-order valence-electron chi connectivity index (χ3n) is 2.21. The zero-order chi connectivity index (χ0) is 14.3. The van der Waals surface area contributed by atoms with Gasteiger partial charge in [-0.2, -0.15) is 0 Å². The quantitative estimate of drug-likeness (QED) is 0.359. The molecule has 0 saturated carbocycles. The maximum absolute atomic E-state index is 13.5. The van der Waals surface area contributed by atoms with Gasteiger partial charge in [-0.3, -0.25) is 5.43 Å². The number of carbonyl (C=O) groups is 1. The third-order valence-corrected chi connectivity index (χ3v) is 2.21. The number of carbonyl (C=O) groups excluding carboxylic acids is 1. The zero-order valence-corrected chi connectivity index (χ0v) is 10.7. The van der Waals surface area contributed by atoms with E-state index < -0.39 is 18.5 Å². The number of anilines is 1. The van der Waals surface area contributed by atoms with Crippen molar-refractivity contribution >= 4 is 11.7 Å². The van der Waals surface area contributed by atoms with Crippen LogP contribution in [0.25, 0.3) is 0 Å². The molecule has 0 spiro atoms. The number of nitrogens with one attached hydrogen (secondary N) is 1. The van der Waals surface area contributed by atoms with E-state index in [4.69, 9.17) is 16.8 Å². The summed E-state index contributed by atoms with van der Waals surface area (Å²) in [5.74, 6) is 9.56. The van der Waals surface area contributed by atoms with Gasteiger partial charge in [0.1, 0.15) is 11.5 Å². The first-order chi connectivity index (χ1) is 8.52. The van der Waals surface area contributed by atoms with Crippen molar-refractivity contribution in [3.63, 3.8) is 0 Å². The van der Waals surface area contributed by atoms with Gasteiger partial charge in [0.2, 0.25) is 0 Å². The Hall–Kier alpha value is -1.70. The van der Waals surface area contributed by atoms with Crippen molar-refractivity contribution in [2.24, 2.45) is 11.7 Å². The Morgan fingerprint density at radius 2 is 2.06 bits per heavy atom. The van der Waals surface area contributed by atoms with E-state index in [1.807, 2.05) is 13.8 Å². The molecule has 0 unspecified atom stereocenters. The third kappa shape index (κ3) is 3.39. The Labute approximate surface area is 105 Å². The number of nitrogens with two attached hydrogens (primary N) is 2. The minimum absolute atomic E-state index is 0.189. The number of nitrogens with zero attached hydrogens (tertiary/aromatic N) is 1. The predicted molar refractivity (Wildman–Crippen MR) is 67.8 cm³/mol. The number of aliphatic hydroxyl groups is 1. The Morgan fingerprint density at radius 3 is 2.50 bits per heavy atom. The molecule has 1 rings (SSSR count). The van der Waals surface area contributed by atoms with E-state index in [-0.39, 0.29) is 11.3 Å². The van der Waals surface area contributed by atoms with Crippen LogP contribution in [0, 0.1) is 12.7 Å². The van der Waals surface area contributed by atoms with Crippen LogP contribution in [0.3, 0.4) is 0 Å². The summed E-state index contributed by atoms with van der Waals surface area (Å²) in [6.45, 7) is 5.24. The number of aliphatic hydroxyl groups excluding tert-OH is 1. The number of benzene rings is 1. The highest BCUT2D eigenvalue weighted by Crippen LogP contribution is 2.25. The van der Waals surface area contributed by atoms with Gasteiger partial charge in [-0.05, 0) is 18.6 Å². The van der Waals surface area contributed by atoms with E-state index in [0.29, 0.717) is 10.6 Å². The van der Waals surface area contributed by atoms with E-state index in [1.54, 1.807) is 12.3 Å². The van der Waals surface area contributed by atoms with E-state index in [9.17, 15) is 9.18 Å². The molecule has 102 valence electrons. The monoisotopic (exact) mass is 258 g/mol.